The summed E-state index contributed by atoms with van der Waals surface area (Å²) in [7, 11) is 0. The normalized spacial score (nSPS) is 37.7. The van der Waals surface area contributed by atoms with Crippen LogP contribution in [0, 0.1) is 5.92 Å². The highest BCUT2D eigenvalue weighted by molar-refractivity contribution is 5.82. The predicted molar refractivity (Wildman–Crippen MR) is 141 cm³/mol. The molecule has 0 bridgehead atoms. The lowest BCUT2D eigenvalue weighted by Crippen LogP contribution is -2.76. The fraction of sp³-hybridized carbons (Fsp3) is 0.759. The van der Waals surface area contributed by atoms with Gasteiger partial charge in [0.1, 0.15) is 6.61 Å². The van der Waals surface area contributed by atoms with Crippen LogP contribution in [0.4, 0.5) is 0 Å². The van der Waals surface area contributed by atoms with Crippen LogP contribution in [0.25, 0.3) is 0 Å². The summed E-state index contributed by atoms with van der Waals surface area (Å²) in [6.45, 7) is 8.16. The van der Waals surface area contributed by atoms with Crippen molar-refractivity contribution in [2.24, 2.45) is 5.92 Å². The van der Waals surface area contributed by atoms with Crippen LogP contribution in [0.15, 0.2) is 24.8 Å². The second kappa shape index (κ2) is 11.4. The van der Waals surface area contributed by atoms with Crippen molar-refractivity contribution in [2.45, 2.75) is 120 Å². The minimum absolute atomic E-state index is 0.0117. The van der Waals surface area contributed by atoms with Gasteiger partial charge >= 0.3 is 17.9 Å². The van der Waals surface area contributed by atoms with E-state index in [1.165, 1.54) is 6.08 Å². The van der Waals surface area contributed by atoms with Gasteiger partial charge in [0.2, 0.25) is 5.72 Å². The second-order valence-corrected chi connectivity index (χ2v) is 11.5. The van der Waals surface area contributed by atoms with Crippen molar-refractivity contribution in [1.29, 1.82) is 0 Å². The molecule has 0 aromatic rings. The van der Waals surface area contributed by atoms with Crippen LogP contribution < -0.4 is 10.6 Å². The Morgan fingerprint density at radius 2 is 2.08 bits per heavy atom. The lowest BCUT2D eigenvalue weighted by Gasteiger charge is -2.50. The summed E-state index contributed by atoms with van der Waals surface area (Å²) in [5, 5.41) is 7.50. The van der Waals surface area contributed by atoms with E-state index in [4.69, 9.17) is 18.9 Å². The summed E-state index contributed by atoms with van der Waals surface area (Å²) in [6, 6.07) is 0.273. The summed E-state index contributed by atoms with van der Waals surface area (Å²) < 4.78 is 26.6. The monoisotopic (exact) mass is 530 g/mol. The number of hydrogen-bond acceptors (Lipinski definition) is 8. The van der Waals surface area contributed by atoms with Gasteiger partial charge in [-0.05, 0) is 51.9 Å². The van der Waals surface area contributed by atoms with E-state index in [1.807, 2.05) is 0 Å². The van der Waals surface area contributed by atoms with Gasteiger partial charge in [-0.3, -0.25) is 14.2 Å². The standard InChI is InChI=1S/C29H43N3O6/c1-4-17-35-24(33)12-9-18-36-26(34)25-23-14-13-21-19-28(15-7-6-11-22(5-2)38-28)30-27(32(21)23)31-29(25)16-8-10-20(3)37-29/h4,6,11,20-23,25H,1,5,7-10,12-19H2,2-3H3,(H,30,31)/p+1/t20-,21+,22+,23-,25-,28+,29-/m1/s1. The Kier molecular flexibility index (Phi) is 8.14. The summed E-state index contributed by atoms with van der Waals surface area (Å²) >= 11 is 0. The van der Waals surface area contributed by atoms with E-state index in [0.717, 1.165) is 63.7 Å². The molecule has 5 aliphatic heterocycles. The Labute approximate surface area is 226 Å². The number of guanidine groups is 1. The van der Waals surface area contributed by atoms with E-state index < -0.39 is 17.4 Å². The van der Waals surface area contributed by atoms with Crippen LogP contribution in [0.2, 0.25) is 0 Å². The molecule has 210 valence electrons. The van der Waals surface area contributed by atoms with Gasteiger partial charge in [-0.25, -0.2) is 10.6 Å². The molecule has 5 rings (SSSR count). The van der Waals surface area contributed by atoms with Gasteiger partial charge in [0, 0.05) is 25.7 Å². The number of allylic oxidation sites excluding steroid dienone is 1. The predicted octanol–water partition coefficient (Wildman–Crippen LogP) is 3.28. The molecule has 2 N–H and O–H groups in total. The smallest absolute Gasteiger partial charge is 0.350 e. The highest BCUT2D eigenvalue weighted by Crippen LogP contribution is 2.45. The van der Waals surface area contributed by atoms with Crippen molar-refractivity contribution in [3.8, 4) is 0 Å². The molecule has 5 aliphatic rings. The lowest BCUT2D eigenvalue weighted by molar-refractivity contribution is -0.609. The fourth-order valence-electron chi connectivity index (χ4n) is 7.10. The fourth-order valence-corrected chi connectivity index (χ4v) is 7.10. The number of esters is 2. The third kappa shape index (κ3) is 5.37. The zero-order valence-electron chi connectivity index (χ0n) is 22.9. The van der Waals surface area contributed by atoms with Gasteiger partial charge in [-0.15, -0.1) is 0 Å². The van der Waals surface area contributed by atoms with E-state index >= 15 is 0 Å². The van der Waals surface area contributed by atoms with Crippen LogP contribution in [0.1, 0.15) is 84.5 Å². The van der Waals surface area contributed by atoms with E-state index in [9.17, 15) is 9.59 Å². The number of carbonyl (C=O) groups is 2. The molecule has 9 heteroatoms. The van der Waals surface area contributed by atoms with E-state index in [1.54, 1.807) is 0 Å². The largest absolute Gasteiger partial charge is 0.465 e. The highest BCUT2D eigenvalue weighted by Gasteiger charge is 2.64. The third-order valence-corrected chi connectivity index (χ3v) is 8.73. The SMILES string of the molecule is C=CCOC(=O)CCCOC(=O)[C@H]1[C@H]2CC[C@H]3C[C@@]4(CCC=C[C@H](CC)O4)NC(=[N+]32)N[C@@]12CCC[C@@H](C)O2. The Balaban J connectivity index is 1.36. The molecule has 9 nitrogen and oxygen atoms in total. The summed E-state index contributed by atoms with van der Waals surface area (Å²) in [4.78, 5) is 25.5. The molecular weight excluding hydrogens is 486 g/mol. The Hall–Kier alpha value is -2.39. The summed E-state index contributed by atoms with van der Waals surface area (Å²) in [5.74, 6) is -0.0862. The van der Waals surface area contributed by atoms with E-state index in [0.29, 0.717) is 6.42 Å². The third-order valence-electron chi connectivity index (χ3n) is 8.73. The number of ether oxygens (including phenoxy) is 4. The molecular formula is C29H44N3O6+. The van der Waals surface area contributed by atoms with Gasteiger partial charge in [-0.1, -0.05) is 31.7 Å². The number of rotatable bonds is 8. The number of nitrogens with zero attached hydrogens (tertiary/aromatic N) is 1. The molecule has 0 saturated carbocycles. The average Bonchev–Trinajstić information content (AvgIpc) is 3.19. The topological polar surface area (TPSA) is 98.1 Å². The Bertz CT molecular complexity index is 981. The van der Waals surface area contributed by atoms with Crippen LogP contribution >= 0.6 is 0 Å². The molecule has 0 aromatic heterocycles. The van der Waals surface area contributed by atoms with Crippen LogP contribution in [-0.2, 0) is 28.5 Å². The van der Waals surface area contributed by atoms with Gasteiger partial charge < -0.3 is 18.9 Å². The maximum atomic E-state index is 13.7. The average molecular weight is 531 g/mol. The summed E-state index contributed by atoms with van der Waals surface area (Å²) in [5.41, 5.74) is -1.26. The Morgan fingerprint density at radius 1 is 1.21 bits per heavy atom. The van der Waals surface area contributed by atoms with E-state index in [-0.39, 0.29) is 55.9 Å². The van der Waals surface area contributed by atoms with Gasteiger partial charge in [-0.2, -0.15) is 0 Å². The van der Waals surface area contributed by atoms with Gasteiger partial charge in [0.25, 0.3) is 0 Å². The van der Waals surface area contributed by atoms with Crippen molar-refractivity contribution in [2.75, 3.05) is 13.2 Å². The van der Waals surface area contributed by atoms with Crippen molar-refractivity contribution in [3.05, 3.63) is 24.8 Å². The van der Waals surface area contributed by atoms with Crippen LogP contribution in [0.3, 0.4) is 0 Å². The molecule has 38 heavy (non-hydrogen) atoms. The minimum atomic E-state index is -0.832. The first-order valence-electron chi connectivity index (χ1n) is 14.6. The molecule has 0 amide bonds. The van der Waals surface area contributed by atoms with Crippen molar-refractivity contribution in [1.82, 2.24) is 10.6 Å². The second-order valence-electron chi connectivity index (χ2n) is 11.5. The molecule has 2 fully saturated rings. The zero-order chi connectivity index (χ0) is 26.8. The summed E-state index contributed by atoms with van der Waals surface area (Å²) in [6.07, 6.45) is 15.0. The maximum absolute atomic E-state index is 13.7. The van der Waals surface area contributed by atoms with Crippen LogP contribution in [-0.4, -0.2) is 71.4 Å². The van der Waals surface area contributed by atoms with Crippen molar-refractivity contribution in [3.63, 3.8) is 0 Å². The van der Waals surface area contributed by atoms with Crippen molar-refractivity contribution >= 4 is 17.9 Å². The van der Waals surface area contributed by atoms with Crippen molar-refractivity contribution < 1.29 is 33.1 Å². The van der Waals surface area contributed by atoms with Gasteiger partial charge in [0.05, 0.1) is 30.9 Å². The lowest BCUT2D eigenvalue weighted by atomic mass is 9.80. The Morgan fingerprint density at radius 3 is 2.87 bits per heavy atom. The maximum Gasteiger partial charge on any atom is 0.350 e. The number of nitrogens with one attached hydrogen (secondary N) is 2. The molecule has 0 unspecified atom stereocenters. The highest BCUT2D eigenvalue weighted by atomic mass is 16.6. The molecule has 0 radical (unpaired) electrons. The molecule has 7 atom stereocenters. The van der Waals surface area contributed by atoms with Gasteiger partial charge in [0.15, 0.2) is 11.6 Å². The number of carbonyl (C=O) groups excluding carboxylic acids is 2. The molecule has 0 aliphatic carbocycles. The first-order valence-corrected chi connectivity index (χ1v) is 14.6. The minimum Gasteiger partial charge on any atom is -0.465 e. The van der Waals surface area contributed by atoms with E-state index in [2.05, 4.69) is 47.8 Å². The number of hydrogen-bond donors (Lipinski definition) is 2. The molecule has 2 spiro atoms. The first-order chi connectivity index (χ1) is 18.4. The molecule has 5 heterocycles. The first kappa shape index (κ1) is 27.2. The molecule has 0 aromatic carbocycles. The molecule has 2 saturated heterocycles. The zero-order valence-corrected chi connectivity index (χ0v) is 22.9. The van der Waals surface area contributed by atoms with Crippen LogP contribution in [0.5, 0.6) is 0 Å². The quantitative estimate of drug-likeness (QED) is 0.214.